The summed E-state index contributed by atoms with van der Waals surface area (Å²) in [6.07, 6.45) is 4.74. The van der Waals surface area contributed by atoms with Crippen molar-refractivity contribution in [2.24, 2.45) is 5.10 Å². The Hall–Kier alpha value is -1.26. The van der Waals surface area contributed by atoms with Gasteiger partial charge in [-0.05, 0) is 17.1 Å². The molecule has 1 aliphatic heterocycles. The van der Waals surface area contributed by atoms with Gasteiger partial charge in [0.25, 0.3) is 0 Å². The van der Waals surface area contributed by atoms with Crippen LogP contribution < -0.4 is 5.43 Å². The van der Waals surface area contributed by atoms with Crippen LogP contribution >= 0.6 is 23.4 Å². The van der Waals surface area contributed by atoms with Crippen LogP contribution in [0, 0.1) is 5.41 Å². The molecule has 0 saturated carbocycles. The number of nitrogens with zero attached hydrogens (tertiary/aromatic N) is 1. The van der Waals surface area contributed by atoms with Crippen LogP contribution in [0.3, 0.4) is 0 Å². The van der Waals surface area contributed by atoms with E-state index in [1.807, 2.05) is 0 Å². The lowest BCUT2D eigenvalue weighted by atomic mass is 10.1. The van der Waals surface area contributed by atoms with Gasteiger partial charge in [0.2, 0.25) is 0 Å². The van der Waals surface area contributed by atoms with Crippen molar-refractivity contribution < 1.29 is 0 Å². The highest BCUT2D eigenvalue weighted by Gasteiger charge is 2.12. The predicted molar refractivity (Wildman–Crippen MR) is 68.3 cm³/mol. The number of hydrazone groups is 1. The van der Waals surface area contributed by atoms with Crippen molar-refractivity contribution in [2.75, 3.05) is 0 Å². The number of allylic oxidation sites excluding steroid dienone is 3. The fraction of sp³-hybridized carbons (Fsp3) is 0. The van der Waals surface area contributed by atoms with Gasteiger partial charge in [0.1, 0.15) is 5.04 Å². The zero-order valence-electron chi connectivity index (χ0n) is 7.96. The van der Waals surface area contributed by atoms with E-state index in [0.29, 0.717) is 21.2 Å². The third kappa shape index (κ3) is 3.11. The topological polar surface area (TPSA) is 48.2 Å². The lowest BCUT2D eigenvalue weighted by Gasteiger charge is -2.11. The highest BCUT2D eigenvalue weighted by molar-refractivity contribution is 8.16. The molecular formula is C10H10ClN3S. The van der Waals surface area contributed by atoms with Gasteiger partial charge in [-0.25, -0.2) is 0 Å². The minimum Gasteiger partial charge on any atom is -0.293 e. The van der Waals surface area contributed by atoms with E-state index in [2.05, 4.69) is 23.7 Å². The Morgan fingerprint density at radius 2 is 2.40 bits per heavy atom. The van der Waals surface area contributed by atoms with Gasteiger partial charge < -0.3 is 0 Å². The minimum atomic E-state index is 0.325. The number of thioether (sulfide) groups is 1. The SMILES string of the molecule is C=CSC(=N)/C1=C/N/N=C\C=C(\Cl)C1=C. The Bertz CT molecular complexity index is 393. The highest BCUT2D eigenvalue weighted by Crippen LogP contribution is 2.25. The summed E-state index contributed by atoms with van der Waals surface area (Å²) in [6, 6.07) is 0. The summed E-state index contributed by atoms with van der Waals surface area (Å²) in [5, 5.41) is 14.0. The molecule has 0 radical (unpaired) electrons. The molecule has 0 spiro atoms. The van der Waals surface area contributed by atoms with Crippen LogP contribution in [0.4, 0.5) is 0 Å². The average molecular weight is 240 g/mol. The van der Waals surface area contributed by atoms with E-state index >= 15 is 0 Å². The first-order valence-electron chi connectivity index (χ1n) is 4.07. The van der Waals surface area contributed by atoms with Gasteiger partial charge in [0, 0.05) is 23.0 Å². The Morgan fingerprint density at radius 1 is 1.67 bits per heavy atom. The summed E-state index contributed by atoms with van der Waals surface area (Å²) < 4.78 is 0. The molecule has 1 aliphatic rings. The summed E-state index contributed by atoms with van der Waals surface area (Å²) in [5.74, 6) is 0. The molecule has 0 atom stereocenters. The first-order chi connectivity index (χ1) is 7.16. The molecule has 0 aliphatic carbocycles. The van der Waals surface area contributed by atoms with Crippen molar-refractivity contribution in [1.29, 1.82) is 5.41 Å². The molecule has 1 rings (SSSR count). The molecule has 5 heteroatoms. The summed E-state index contributed by atoms with van der Waals surface area (Å²) in [5.41, 5.74) is 3.88. The smallest absolute Gasteiger partial charge is 0.101 e. The Morgan fingerprint density at radius 3 is 3.07 bits per heavy atom. The van der Waals surface area contributed by atoms with Crippen molar-refractivity contribution >= 4 is 34.6 Å². The molecule has 1 heterocycles. The van der Waals surface area contributed by atoms with Crippen LogP contribution in [0.15, 0.2) is 52.1 Å². The Labute approximate surface area is 97.8 Å². The summed E-state index contributed by atoms with van der Waals surface area (Å²) >= 11 is 7.15. The van der Waals surface area contributed by atoms with Crippen LogP contribution in [0.25, 0.3) is 0 Å². The van der Waals surface area contributed by atoms with E-state index in [1.54, 1.807) is 17.7 Å². The highest BCUT2D eigenvalue weighted by atomic mass is 35.5. The monoisotopic (exact) mass is 239 g/mol. The molecule has 0 aromatic rings. The third-order valence-electron chi connectivity index (χ3n) is 1.64. The minimum absolute atomic E-state index is 0.325. The summed E-state index contributed by atoms with van der Waals surface area (Å²) in [6.45, 7) is 7.37. The normalized spacial score (nSPS) is 24.7. The molecule has 0 bridgehead atoms. The predicted octanol–water partition coefficient (Wildman–Crippen LogP) is 2.99. The number of rotatable bonds is 2. The molecule has 0 saturated heterocycles. The standard InChI is InChI=1S/C10H10ClN3S/c1-3-15-10(12)8-6-14-13-5-4-9(11)7(8)2/h3-6,12,14H,1-2H2/b8-6+,9-4+,12-10?,13-5-. The molecule has 78 valence electrons. The van der Waals surface area contributed by atoms with E-state index in [4.69, 9.17) is 17.0 Å². The van der Waals surface area contributed by atoms with E-state index in [-0.39, 0.29) is 0 Å². The van der Waals surface area contributed by atoms with Crippen molar-refractivity contribution in [3.05, 3.63) is 47.0 Å². The van der Waals surface area contributed by atoms with E-state index in [9.17, 15) is 0 Å². The molecule has 15 heavy (non-hydrogen) atoms. The van der Waals surface area contributed by atoms with E-state index < -0.39 is 0 Å². The van der Waals surface area contributed by atoms with E-state index in [1.165, 1.54) is 18.0 Å². The largest absolute Gasteiger partial charge is 0.293 e. The van der Waals surface area contributed by atoms with Crippen LogP contribution in [-0.2, 0) is 0 Å². The maximum atomic E-state index is 7.76. The summed E-state index contributed by atoms with van der Waals surface area (Å²) in [7, 11) is 0. The average Bonchev–Trinajstić information content (AvgIpc) is 2.20. The van der Waals surface area contributed by atoms with Crippen molar-refractivity contribution in [2.45, 2.75) is 0 Å². The fourth-order valence-electron chi connectivity index (χ4n) is 0.913. The quantitative estimate of drug-likeness (QED) is 0.575. The van der Waals surface area contributed by atoms with E-state index in [0.717, 1.165) is 0 Å². The van der Waals surface area contributed by atoms with Gasteiger partial charge in [0.05, 0.1) is 0 Å². The van der Waals surface area contributed by atoms with Gasteiger partial charge in [-0.1, -0.05) is 36.5 Å². The van der Waals surface area contributed by atoms with Gasteiger partial charge in [-0.15, -0.1) is 0 Å². The fourth-order valence-corrected chi connectivity index (χ4v) is 1.55. The maximum absolute atomic E-state index is 7.76. The Balaban J connectivity index is 3.00. The van der Waals surface area contributed by atoms with Crippen LogP contribution in [-0.4, -0.2) is 11.3 Å². The van der Waals surface area contributed by atoms with Crippen molar-refractivity contribution in [1.82, 2.24) is 5.43 Å². The zero-order chi connectivity index (χ0) is 11.3. The van der Waals surface area contributed by atoms with Crippen molar-refractivity contribution in [3.63, 3.8) is 0 Å². The molecule has 0 unspecified atom stereocenters. The second-order valence-corrected chi connectivity index (χ2v) is 3.96. The molecule has 0 fully saturated rings. The van der Waals surface area contributed by atoms with Crippen LogP contribution in [0.2, 0.25) is 0 Å². The molecular weight excluding hydrogens is 230 g/mol. The van der Waals surface area contributed by atoms with Gasteiger partial charge in [0.15, 0.2) is 0 Å². The second kappa shape index (κ2) is 5.58. The van der Waals surface area contributed by atoms with Gasteiger partial charge in [-0.2, -0.15) is 5.10 Å². The third-order valence-corrected chi connectivity index (χ3v) is 2.61. The molecule has 0 aromatic heterocycles. The molecule has 0 amide bonds. The first-order valence-corrected chi connectivity index (χ1v) is 5.33. The molecule has 0 aromatic carbocycles. The molecule has 2 N–H and O–H groups in total. The number of nitrogens with one attached hydrogen (secondary N) is 2. The molecule has 3 nitrogen and oxygen atoms in total. The second-order valence-electron chi connectivity index (χ2n) is 2.57. The lowest BCUT2D eigenvalue weighted by Crippen LogP contribution is -2.07. The summed E-state index contributed by atoms with van der Waals surface area (Å²) in [4.78, 5) is 0. The van der Waals surface area contributed by atoms with Gasteiger partial charge >= 0.3 is 0 Å². The zero-order valence-corrected chi connectivity index (χ0v) is 9.53. The Kier molecular flexibility index (Phi) is 4.39. The van der Waals surface area contributed by atoms with Crippen LogP contribution in [0.1, 0.15) is 0 Å². The maximum Gasteiger partial charge on any atom is 0.101 e. The number of hydrogen-bond acceptors (Lipinski definition) is 4. The van der Waals surface area contributed by atoms with Crippen LogP contribution in [0.5, 0.6) is 0 Å². The lowest BCUT2D eigenvalue weighted by molar-refractivity contribution is 0.969. The van der Waals surface area contributed by atoms with Crippen molar-refractivity contribution in [3.8, 4) is 0 Å². The first kappa shape index (κ1) is 11.8. The number of hydrogen-bond donors (Lipinski definition) is 2. The van der Waals surface area contributed by atoms with Gasteiger partial charge in [-0.3, -0.25) is 10.8 Å². The number of halogens is 1.